The summed E-state index contributed by atoms with van der Waals surface area (Å²) in [6, 6.07) is 9.07. The van der Waals surface area contributed by atoms with Crippen LogP contribution in [0.5, 0.6) is 11.5 Å². The Hall–Kier alpha value is -1.22. The van der Waals surface area contributed by atoms with Gasteiger partial charge in [-0.15, -0.1) is 24.0 Å². The van der Waals surface area contributed by atoms with Crippen LogP contribution in [0.15, 0.2) is 29.3 Å². The molecule has 2 aliphatic rings. The number of ether oxygens (including phenoxy) is 2. The Morgan fingerprint density at radius 3 is 2.42 bits per heavy atom. The number of rotatable bonds is 8. The summed E-state index contributed by atoms with van der Waals surface area (Å²) in [5.41, 5.74) is 0. The number of hydrogen-bond acceptors (Lipinski definition) is 4. The summed E-state index contributed by atoms with van der Waals surface area (Å²) >= 11 is 0. The van der Waals surface area contributed by atoms with Gasteiger partial charge in [0.2, 0.25) is 0 Å². The number of guanidine groups is 1. The highest BCUT2D eigenvalue weighted by Crippen LogP contribution is 2.27. The lowest BCUT2D eigenvalue weighted by Gasteiger charge is -2.39. The van der Waals surface area contributed by atoms with Gasteiger partial charge in [0, 0.05) is 31.7 Å². The van der Waals surface area contributed by atoms with Gasteiger partial charge in [-0.25, -0.2) is 4.99 Å². The minimum Gasteiger partial charge on any atom is -0.493 e. The maximum Gasteiger partial charge on any atom is 0.191 e. The average Bonchev–Trinajstić information content (AvgIpc) is 2.79. The van der Waals surface area contributed by atoms with Gasteiger partial charge in [0.1, 0.15) is 6.10 Å². The van der Waals surface area contributed by atoms with Crippen molar-refractivity contribution in [1.82, 2.24) is 15.5 Å². The molecule has 1 saturated heterocycles. The molecule has 6 nitrogen and oxygen atoms in total. The molecule has 0 aromatic heterocycles. The van der Waals surface area contributed by atoms with E-state index in [0.29, 0.717) is 12.6 Å². The van der Waals surface area contributed by atoms with Crippen molar-refractivity contribution < 1.29 is 9.47 Å². The normalized spacial score (nSPS) is 19.9. The third-order valence-corrected chi connectivity index (χ3v) is 6.21. The summed E-state index contributed by atoms with van der Waals surface area (Å²) < 4.78 is 11.4. The van der Waals surface area contributed by atoms with Crippen molar-refractivity contribution in [2.75, 3.05) is 33.3 Å². The Bertz CT molecular complexity index is 659. The Kier molecular flexibility index (Phi) is 11.8. The molecule has 1 aliphatic heterocycles. The van der Waals surface area contributed by atoms with Gasteiger partial charge >= 0.3 is 0 Å². The smallest absolute Gasteiger partial charge is 0.191 e. The fourth-order valence-electron chi connectivity index (χ4n) is 4.56. The fraction of sp³-hybridized carbons (Fsp3) is 0.708. The van der Waals surface area contributed by atoms with Crippen LogP contribution in [-0.2, 0) is 0 Å². The van der Waals surface area contributed by atoms with Crippen LogP contribution in [0.3, 0.4) is 0 Å². The second-order valence-corrected chi connectivity index (χ2v) is 8.55. The highest BCUT2D eigenvalue weighted by molar-refractivity contribution is 14.0. The van der Waals surface area contributed by atoms with Crippen molar-refractivity contribution in [3.05, 3.63) is 24.3 Å². The lowest BCUT2D eigenvalue weighted by Crippen LogP contribution is -2.51. The molecule has 1 aromatic rings. The molecule has 31 heavy (non-hydrogen) atoms. The van der Waals surface area contributed by atoms with Gasteiger partial charge in [-0.1, -0.05) is 31.4 Å². The molecule has 1 saturated carbocycles. The zero-order chi connectivity index (χ0) is 21.2. The molecule has 0 spiro atoms. The topological polar surface area (TPSA) is 58.1 Å². The van der Waals surface area contributed by atoms with E-state index in [9.17, 15) is 0 Å². The number of para-hydroxylation sites is 2. The van der Waals surface area contributed by atoms with Gasteiger partial charge in [0.05, 0.1) is 13.7 Å². The van der Waals surface area contributed by atoms with Crippen LogP contribution in [0.4, 0.5) is 0 Å². The SMILES string of the molecule is CCNC(=NCC(C)Oc1ccccc1OC)NC1CCN(C2CCCCC2)CC1.I. The van der Waals surface area contributed by atoms with E-state index in [-0.39, 0.29) is 30.1 Å². The first-order valence-electron chi connectivity index (χ1n) is 11.8. The van der Waals surface area contributed by atoms with Gasteiger partial charge < -0.3 is 25.0 Å². The van der Waals surface area contributed by atoms with Crippen LogP contribution >= 0.6 is 24.0 Å². The largest absolute Gasteiger partial charge is 0.493 e. The second kappa shape index (κ2) is 14.0. The Morgan fingerprint density at radius 2 is 1.77 bits per heavy atom. The monoisotopic (exact) mass is 544 g/mol. The van der Waals surface area contributed by atoms with E-state index in [0.717, 1.165) is 30.0 Å². The molecule has 2 fully saturated rings. The Balaban J connectivity index is 0.00000341. The summed E-state index contributed by atoms with van der Waals surface area (Å²) in [6.45, 7) is 8.01. The lowest BCUT2D eigenvalue weighted by atomic mass is 9.92. The zero-order valence-electron chi connectivity index (χ0n) is 19.4. The maximum absolute atomic E-state index is 6.04. The Morgan fingerprint density at radius 1 is 1.10 bits per heavy atom. The van der Waals surface area contributed by atoms with Gasteiger partial charge in [0.15, 0.2) is 17.5 Å². The molecular weight excluding hydrogens is 503 g/mol. The zero-order valence-corrected chi connectivity index (χ0v) is 21.8. The van der Waals surface area contributed by atoms with Gasteiger partial charge in [-0.3, -0.25) is 0 Å². The summed E-state index contributed by atoms with van der Waals surface area (Å²) in [6.07, 6.45) is 9.38. The highest BCUT2D eigenvalue weighted by atomic mass is 127. The molecule has 0 radical (unpaired) electrons. The van der Waals surface area contributed by atoms with Crippen molar-refractivity contribution in [2.45, 2.75) is 77.0 Å². The third kappa shape index (κ3) is 8.33. The van der Waals surface area contributed by atoms with Crippen LogP contribution in [0, 0.1) is 0 Å². The van der Waals surface area contributed by atoms with Crippen LogP contribution < -0.4 is 20.1 Å². The van der Waals surface area contributed by atoms with E-state index in [4.69, 9.17) is 14.5 Å². The molecule has 1 aromatic carbocycles. The number of likely N-dealkylation sites (tertiary alicyclic amines) is 1. The van der Waals surface area contributed by atoms with Gasteiger partial charge in [-0.2, -0.15) is 0 Å². The molecule has 0 bridgehead atoms. The molecule has 1 atom stereocenters. The first kappa shape index (κ1) is 26.0. The van der Waals surface area contributed by atoms with Crippen molar-refractivity contribution in [3.8, 4) is 11.5 Å². The number of methoxy groups -OCH3 is 1. The first-order chi connectivity index (χ1) is 14.7. The number of halogens is 1. The highest BCUT2D eigenvalue weighted by Gasteiger charge is 2.26. The van der Waals surface area contributed by atoms with Gasteiger partial charge in [-0.05, 0) is 51.7 Å². The number of benzene rings is 1. The quantitative estimate of drug-likeness (QED) is 0.288. The summed E-state index contributed by atoms with van der Waals surface area (Å²) in [5, 5.41) is 7.05. The first-order valence-corrected chi connectivity index (χ1v) is 11.8. The maximum atomic E-state index is 6.04. The van der Waals surface area contributed by atoms with Crippen molar-refractivity contribution in [2.24, 2.45) is 4.99 Å². The lowest BCUT2D eigenvalue weighted by molar-refractivity contribution is 0.119. The summed E-state index contributed by atoms with van der Waals surface area (Å²) in [5.74, 6) is 2.41. The number of aliphatic imine (C=N–C) groups is 1. The van der Waals surface area contributed by atoms with Crippen LogP contribution in [0.1, 0.15) is 58.8 Å². The molecular formula is C24H41IN4O2. The van der Waals surface area contributed by atoms with Gasteiger partial charge in [0.25, 0.3) is 0 Å². The van der Waals surface area contributed by atoms with Crippen LogP contribution in [0.2, 0.25) is 0 Å². The minimum absolute atomic E-state index is 0. The molecule has 0 amide bonds. The predicted molar refractivity (Wildman–Crippen MR) is 139 cm³/mol. The third-order valence-electron chi connectivity index (χ3n) is 6.21. The molecule has 2 N–H and O–H groups in total. The van der Waals surface area contributed by atoms with Crippen LogP contribution in [-0.4, -0.2) is 62.3 Å². The molecule has 3 rings (SSSR count). The fourth-order valence-corrected chi connectivity index (χ4v) is 4.56. The standard InChI is InChI=1S/C24H40N4O2.HI/c1-4-25-24(26-18-19(2)30-23-13-9-8-12-22(23)29-3)27-20-14-16-28(17-15-20)21-10-6-5-7-11-21;/h8-9,12-13,19-21H,4-7,10-11,14-18H2,1-3H3,(H2,25,26,27);1H. The van der Waals surface area contributed by atoms with Crippen molar-refractivity contribution >= 4 is 29.9 Å². The van der Waals surface area contributed by atoms with Crippen LogP contribution in [0.25, 0.3) is 0 Å². The molecule has 1 heterocycles. The molecule has 1 unspecified atom stereocenters. The summed E-state index contributed by atoms with van der Waals surface area (Å²) in [7, 11) is 1.66. The molecule has 7 heteroatoms. The number of piperidine rings is 1. The number of hydrogen-bond donors (Lipinski definition) is 2. The predicted octanol–water partition coefficient (Wildman–Crippen LogP) is 4.43. The number of nitrogens with zero attached hydrogens (tertiary/aromatic N) is 2. The van der Waals surface area contributed by atoms with E-state index < -0.39 is 0 Å². The molecule has 1 aliphatic carbocycles. The van der Waals surface area contributed by atoms with E-state index in [2.05, 4.69) is 22.5 Å². The second-order valence-electron chi connectivity index (χ2n) is 8.55. The average molecular weight is 545 g/mol. The number of nitrogens with one attached hydrogen (secondary N) is 2. The minimum atomic E-state index is -0.0371. The van der Waals surface area contributed by atoms with E-state index in [1.54, 1.807) is 7.11 Å². The van der Waals surface area contributed by atoms with Crippen molar-refractivity contribution in [3.63, 3.8) is 0 Å². The Labute approximate surface area is 205 Å². The van der Waals surface area contributed by atoms with E-state index in [1.165, 1.54) is 58.0 Å². The van der Waals surface area contributed by atoms with Crippen molar-refractivity contribution in [1.29, 1.82) is 0 Å². The summed E-state index contributed by atoms with van der Waals surface area (Å²) in [4.78, 5) is 7.51. The van der Waals surface area contributed by atoms with E-state index in [1.807, 2.05) is 31.2 Å². The molecule has 176 valence electrons. The van der Waals surface area contributed by atoms with E-state index >= 15 is 0 Å².